The van der Waals surface area contributed by atoms with Crippen molar-refractivity contribution in [3.63, 3.8) is 0 Å². The van der Waals surface area contributed by atoms with Crippen molar-refractivity contribution in [3.8, 4) is 5.75 Å². The summed E-state index contributed by atoms with van der Waals surface area (Å²) in [6.45, 7) is 4.22. The lowest BCUT2D eigenvalue weighted by molar-refractivity contribution is -0.250. The number of methoxy groups -OCH3 is 2. The van der Waals surface area contributed by atoms with Gasteiger partial charge >= 0.3 is 5.97 Å². The summed E-state index contributed by atoms with van der Waals surface area (Å²) in [5.41, 5.74) is 0.573. The Morgan fingerprint density at radius 2 is 1.58 bits per heavy atom. The van der Waals surface area contributed by atoms with Crippen LogP contribution in [0, 0.1) is 0 Å². The highest BCUT2D eigenvalue weighted by molar-refractivity contribution is 5.79. The second-order valence-electron chi connectivity index (χ2n) is 3.70. The maximum Gasteiger partial charge on any atom is 0.371 e. The summed E-state index contributed by atoms with van der Waals surface area (Å²) in [5.74, 6) is -1.42. The molecule has 1 rings (SSSR count). The lowest BCUT2D eigenvalue weighted by Crippen LogP contribution is -2.42. The molecule has 0 saturated heterocycles. The van der Waals surface area contributed by atoms with Crippen LogP contribution in [-0.4, -0.2) is 33.4 Å². The summed E-state index contributed by atoms with van der Waals surface area (Å²) in [5, 5.41) is 0. The molecule has 19 heavy (non-hydrogen) atoms. The van der Waals surface area contributed by atoms with E-state index in [0.29, 0.717) is 24.5 Å². The van der Waals surface area contributed by atoms with Crippen molar-refractivity contribution in [1.29, 1.82) is 0 Å². The molecule has 1 aromatic carbocycles. The van der Waals surface area contributed by atoms with E-state index in [1.54, 1.807) is 45.2 Å². The quantitative estimate of drug-likeness (QED) is 0.560. The Kier molecular flexibility index (Phi) is 5.79. The van der Waals surface area contributed by atoms with Gasteiger partial charge in [-0.05, 0) is 38.1 Å². The maximum atomic E-state index is 12.1. The number of benzene rings is 1. The summed E-state index contributed by atoms with van der Waals surface area (Å²) < 4.78 is 21.0. The summed E-state index contributed by atoms with van der Waals surface area (Å²) in [4.78, 5) is 12.1. The van der Waals surface area contributed by atoms with Gasteiger partial charge in [0.2, 0.25) is 0 Å². The monoisotopic (exact) mass is 268 g/mol. The first-order valence-corrected chi connectivity index (χ1v) is 6.15. The fraction of sp³-hybridized carbons (Fsp3) is 0.500. The maximum absolute atomic E-state index is 12.1. The van der Waals surface area contributed by atoms with Gasteiger partial charge < -0.3 is 18.9 Å². The Hall–Kier alpha value is -1.59. The molecular weight excluding hydrogens is 248 g/mol. The van der Waals surface area contributed by atoms with Crippen molar-refractivity contribution >= 4 is 5.97 Å². The SMILES string of the molecule is CCOC(OCC)(C(=O)OC)c1ccc(OC)cc1. The van der Waals surface area contributed by atoms with Crippen LogP contribution in [0.2, 0.25) is 0 Å². The van der Waals surface area contributed by atoms with Gasteiger partial charge in [-0.25, -0.2) is 4.79 Å². The molecule has 0 radical (unpaired) electrons. The van der Waals surface area contributed by atoms with Crippen LogP contribution >= 0.6 is 0 Å². The van der Waals surface area contributed by atoms with E-state index in [2.05, 4.69) is 0 Å². The molecular formula is C14H20O5. The van der Waals surface area contributed by atoms with Crippen molar-refractivity contribution < 1.29 is 23.7 Å². The van der Waals surface area contributed by atoms with Gasteiger partial charge in [-0.1, -0.05) is 0 Å². The van der Waals surface area contributed by atoms with Gasteiger partial charge in [-0.3, -0.25) is 0 Å². The summed E-state index contributed by atoms with van der Waals surface area (Å²) in [7, 11) is 2.88. The van der Waals surface area contributed by atoms with Crippen LogP contribution in [0.15, 0.2) is 24.3 Å². The number of esters is 1. The second kappa shape index (κ2) is 7.11. The zero-order valence-electron chi connectivity index (χ0n) is 11.8. The van der Waals surface area contributed by atoms with Crippen LogP contribution in [0.25, 0.3) is 0 Å². The topological polar surface area (TPSA) is 54.0 Å². The standard InChI is InChI=1S/C14H20O5/c1-5-18-14(19-6-2,13(15)17-4)11-7-9-12(16-3)10-8-11/h7-10H,5-6H2,1-4H3. The molecule has 0 unspecified atom stereocenters. The molecule has 5 heteroatoms. The van der Waals surface area contributed by atoms with E-state index in [1.807, 2.05) is 0 Å². The van der Waals surface area contributed by atoms with Gasteiger partial charge in [0.15, 0.2) is 0 Å². The largest absolute Gasteiger partial charge is 0.497 e. The molecule has 0 aliphatic heterocycles. The van der Waals surface area contributed by atoms with Gasteiger partial charge in [0.1, 0.15) is 5.75 Å². The molecule has 5 nitrogen and oxygen atoms in total. The number of carbonyl (C=O) groups is 1. The van der Waals surface area contributed by atoms with E-state index in [-0.39, 0.29) is 0 Å². The first-order chi connectivity index (χ1) is 9.14. The van der Waals surface area contributed by atoms with Crippen LogP contribution < -0.4 is 4.74 Å². The Bertz CT molecular complexity index is 393. The molecule has 0 atom stereocenters. The average Bonchev–Trinajstić information content (AvgIpc) is 2.46. The molecule has 0 N–H and O–H groups in total. The molecule has 0 saturated carbocycles. The van der Waals surface area contributed by atoms with Crippen molar-refractivity contribution in [2.45, 2.75) is 19.6 Å². The lowest BCUT2D eigenvalue weighted by atomic mass is 10.1. The average molecular weight is 268 g/mol. The fourth-order valence-corrected chi connectivity index (χ4v) is 1.80. The molecule has 1 aromatic rings. The Labute approximate surface area is 113 Å². The van der Waals surface area contributed by atoms with Gasteiger partial charge in [-0.2, -0.15) is 0 Å². The van der Waals surface area contributed by atoms with Gasteiger partial charge in [-0.15, -0.1) is 0 Å². The lowest BCUT2D eigenvalue weighted by Gasteiger charge is -2.30. The Balaban J connectivity index is 3.21. The van der Waals surface area contributed by atoms with Crippen molar-refractivity contribution in [2.75, 3.05) is 27.4 Å². The molecule has 0 aliphatic carbocycles. The van der Waals surface area contributed by atoms with E-state index in [0.717, 1.165) is 0 Å². The Morgan fingerprint density at radius 1 is 1.05 bits per heavy atom. The molecule has 0 bridgehead atoms. The predicted octanol–water partition coefficient (Wildman–Crippen LogP) is 2.09. The van der Waals surface area contributed by atoms with Crippen LogP contribution in [0.1, 0.15) is 19.4 Å². The van der Waals surface area contributed by atoms with Gasteiger partial charge in [0.05, 0.1) is 14.2 Å². The first kappa shape index (κ1) is 15.5. The number of ether oxygens (including phenoxy) is 4. The van der Waals surface area contributed by atoms with Crippen LogP contribution in [0.5, 0.6) is 5.75 Å². The molecule has 0 fully saturated rings. The molecule has 0 spiro atoms. The van der Waals surface area contributed by atoms with E-state index < -0.39 is 11.8 Å². The zero-order chi connectivity index (χ0) is 14.3. The fourth-order valence-electron chi connectivity index (χ4n) is 1.80. The summed E-state index contributed by atoms with van der Waals surface area (Å²) in [6.07, 6.45) is 0. The van der Waals surface area contributed by atoms with E-state index >= 15 is 0 Å². The van der Waals surface area contributed by atoms with Gasteiger partial charge in [0, 0.05) is 18.8 Å². The first-order valence-electron chi connectivity index (χ1n) is 6.15. The van der Waals surface area contributed by atoms with Crippen LogP contribution in [0.4, 0.5) is 0 Å². The third-order valence-corrected chi connectivity index (χ3v) is 2.62. The number of rotatable bonds is 7. The zero-order valence-corrected chi connectivity index (χ0v) is 11.8. The smallest absolute Gasteiger partial charge is 0.371 e. The molecule has 0 aromatic heterocycles. The third-order valence-electron chi connectivity index (χ3n) is 2.62. The van der Waals surface area contributed by atoms with Crippen molar-refractivity contribution in [1.82, 2.24) is 0 Å². The summed E-state index contributed by atoms with van der Waals surface area (Å²) >= 11 is 0. The minimum Gasteiger partial charge on any atom is -0.497 e. The highest BCUT2D eigenvalue weighted by atomic mass is 16.7. The second-order valence-corrected chi connectivity index (χ2v) is 3.70. The van der Waals surface area contributed by atoms with Crippen molar-refractivity contribution in [3.05, 3.63) is 29.8 Å². The highest BCUT2D eigenvalue weighted by Crippen LogP contribution is 2.30. The summed E-state index contributed by atoms with van der Waals surface area (Å²) in [6, 6.07) is 6.93. The predicted molar refractivity (Wildman–Crippen MR) is 69.9 cm³/mol. The number of carbonyl (C=O) groups excluding carboxylic acids is 1. The minimum atomic E-state index is -1.52. The van der Waals surface area contributed by atoms with Crippen LogP contribution in [0.3, 0.4) is 0 Å². The van der Waals surface area contributed by atoms with Crippen LogP contribution in [-0.2, 0) is 24.8 Å². The molecule has 106 valence electrons. The molecule has 0 aliphatic rings. The number of hydrogen-bond donors (Lipinski definition) is 0. The number of hydrogen-bond acceptors (Lipinski definition) is 5. The molecule has 0 amide bonds. The Morgan fingerprint density at radius 3 is 1.95 bits per heavy atom. The van der Waals surface area contributed by atoms with Crippen molar-refractivity contribution in [2.24, 2.45) is 0 Å². The highest BCUT2D eigenvalue weighted by Gasteiger charge is 2.44. The third kappa shape index (κ3) is 3.24. The van der Waals surface area contributed by atoms with E-state index in [4.69, 9.17) is 18.9 Å². The van der Waals surface area contributed by atoms with Gasteiger partial charge in [0.25, 0.3) is 5.79 Å². The van der Waals surface area contributed by atoms with E-state index in [1.165, 1.54) is 7.11 Å². The normalized spacial score (nSPS) is 11.2. The van der Waals surface area contributed by atoms with E-state index in [9.17, 15) is 4.79 Å². The minimum absolute atomic E-state index is 0.321. The molecule has 0 heterocycles.